The minimum Gasteiger partial charge on any atom is -0.496 e. The van der Waals surface area contributed by atoms with Crippen LogP contribution >= 0.6 is 0 Å². The number of likely N-dealkylation sites (N-methyl/N-ethyl adjacent to an activating group) is 1. The molecule has 1 aromatic rings. The summed E-state index contributed by atoms with van der Waals surface area (Å²) in [5, 5.41) is 13.7. The van der Waals surface area contributed by atoms with Crippen LogP contribution in [0.2, 0.25) is 0 Å². The van der Waals surface area contributed by atoms with E-state index in [0.717, 1.165) is 16.7 Å². The molecule has 0 spiro atoms. The number of methoxy groups -OCH3 is 2. The summed E-state index contributed by atoms with van der Waals surface area (Å²) in [4.78, 5) is 11.3. The molecule has 0 aliphatic heterocycles. The van der Waals surface area contributed by atoms with Crippen LogP contribution in [-0.2, 0) is 9.53 Å². The molecule has 2 atom stereocenters. The van der Waals surface area contributed by atoms with Gasteiger partial charge in [-0.2, -0.15) is 0 Å². The molecule has 0 amide bonds. The maximum absolute atomic E-state index is 11.3. The third-order valence-electron chi connectivity index (χ3n) is 3.61. The zero-order valence-electron chi connectivity index (χ0n) is 13.4. The van der Waals surface area contributed by atoms with Crippen molar-refractivity contribution in [1.29, 1.82) is 0 Å². The first kappa shape index (κ1) is 17.5. The Morgan fingerprint density at radius 3 is 2.52 bits per heavy atom. The first-order valence-corrected chi connectivity index (χ1v) is 7.01. The highest BCUT2D eigenvalue weighted by atomic mass is 16.5. The predicted molar refractivity (Wildman–Crippen MR) is 81.5 cm³/mol. The van der Waals surface area contributed by atoms with Gasteiger partial charge in [-0.3, -0.25) is 4.79 Å². The second-order valence-corrected chi connectivity index (χ2v) is 5.16. The van der Waals surface area contributed by atoms with Crippen molar-refractivity contribution in [2.45, 2.75) is 38.8 Å². The molecule has 0 fully saturated rings. The standard InChI is InChI=1S/C16H25NO4/c1-10-8-11(2)16(21-5)12(9-10)15(19)13(17-3)6-7-14(18)20-4/h8-9,13,15,17,19H,6-7H2,1-5H3. The average molecular weight is 295 g/mol. The van der Waals surface area contributed by atoms with Gasteiger partial charge in [-0.05, 0) is 38.9 Å². The normalized spacial score (nSPS) is 13.6. The maximum Gasteiger partial charge on any atom is 0.305 e. The van der Waals surface area contributed by atoms with Crippen molar-refractivity contribution in [3.05, 3.63) is 28.8 Å². The second kappa shape index (κ2) is 8.00. The quantitative estimate of drug-likeness (QED) is 0.752. The summed E-state index contributed by atoms with van der Waals surface area (Å²) in [7, 11) is 4.72. The van der Waals surface area contributed by atoms with Crippen LogP contribution in [0.5, 0.6) is 5.75 Å². The minimum atomic E-state index is -0.756. The molecule has 2 N–H and O–H groups in total. The van der Waals surface area contributed by atoms with E-state index in [-0.39, 0.29) is 18.4 Å². The number of nitrogens with one attached hydrogen (secondary N) is 1. The molecule has 1 aromatic carbocycles. The number of benzene rings is 1. The molecular weight excluding hydrogens is 270 g/mol. The number of carbonyl (C=O) groups excluding carboxylic acids is 1. The summed E-state index contributed by atoms with van der Waals surface area (Å²) in [6.07, 6.45) is -0.0136. The fourth-order valence-corrected chi connectivity index (χ4v) is 2.54. The van der Waals surface area contributed by atoms with E-state index in [2.05, 4.69) is 10.1 Å². The van der Waals surface area contributed by atoms with Crippen molar-refractivity contribution >= 4 is 5.97 Å². The van der Waals surface area contributed by atoms with Crippen LogP contribution in [0.1, 0.15) is 35.6 Å². The fraction of sp³-hybridized carbons (Fsp3) is 0.562. The molecule has 0 saturated carbocycles. The Bertz CT molecular complexity index is 487. The molecule has 118 valence electrons. The van der Waals surface area contributed by atoms with E-state index < -0.39 is 6.10 Å². The molecule has 0 radical (unpaired) electrons. The molecule has 0 bridgehead atoms. The fourth-order valence-electron chi connectivity index (χ4n) is 2.54. The highest BCUT2D eigenvalue weighted by Crippen LogP contribution is 2.32. The number of aryl methyl sites for hydroxylation is 2. The van der Waals surface area contributed by atoms with Gasteiger partial charge in [0.05, 0.1) is 20.3 Å². The number of aliphatic hydroxyl groups is 1. The van der Waals surface area contributed by atoms with Crippen molar-refractivity contribution in [1.82, 2.24) is 5.32 Å². The molecule has 0 aliphatic rings. The van der Waals surface area contributed by atoms with Gasteiger partial charge in [0, 0.05) is 18.0 Å². The molecular formula is C16H25NO4. The number of ether oxygens (including phenoxy) is 2. The summed E-state index contributed by atoms with van der Waals surface area (Å²) in [5.74, 6) is 0.404. The zero-order valence-corrected chi connectivity index (χ0v) is 13.4. The van der Waals surface area contributed by atoms with Crippen molar-refractivity contribution in [3.8, 4) is 5.75 Å². The molecule has 0 heterocycles. The average Bonchev–Trinajstić information content (AvgIpc) is 2.46. The lowest BCUT2D eigenvalue weighted by atomic mass is 9.94. The molecule has 0 aliphatic carbocycles. The number of rotatable bonds is 7. The lowest BCUT2D eigenvalue weighted by molar-refractivity contribution is -0.140. The Balaban J connectivity index is 2.99. The van der Waals surface area contributed by atoms with Crippen LogP contribution in [0.25, 0.3) is 0 Å². The minimum absolute atomic E-state index is 0.251. The number of esters is 1. The number of carbonyl (C=O) groups is 1. The van der Waals surface area contributed by atoms with Crippen LogP contribution < -0.4 is 10.1 Å². The van der Waals surface area contributed by atoms with Crippen LogP contribution in [0, 0.1) is 13.8 Å². The van der Waals surface area contributed by atoms with E-state index >= 15 is 0 Å². The molecule has 21 heavy (non-hydrogen) atoms. The van der Waals surface area contributed by atoms with Crippen molar-refractivity contribution < 1.29 is 19.4 Å². The summed E-state index contributed by atoms with van der Waals surface area (Å²) >= 11 is 0. The Hall–Kier alpha value is -1.59. The van der Waals surface area contributed by atoms with E-state index in [0.29, 0.717) is 12.2 Å². The molecule has 1 rings (SSSR count). The SMILES string of the molecule is CNC(CCC(=O)OC)C(O)c1cc(C)cc(C)c1OC. The lowest BCUT2D eigenvalue weighted by Gasteiger charge is -2.25. The lowest BCUT2D eigenvalue weighted by Crippen LogP contribution is -2.33. The van der Waals surface area contributed by atoms with Gasteiger partial charge in [0.1, 0.15) is 5.75 Å². The Morgan fingerprint density at radius 2 is 2.00 bits per heavy atom. The number of aliphatic hydroxyl groups excluding tert-OH is 1. The summed E-state index contributed by atoms with van der Waals surface area (Å²) in [6, 6.07) is 3.68. The zero-order chi connectivity index (χ0) is 16.0. The Labute approximate surface area is 126 Å². The van der Waals surface area contributed by atoms with Gasteiger partial charge in [-0.25, -0.2) is 0 Å². The van der Waals surface area contributed by atoms with Gasteiger partial charge < -0.3 is 19.9 Å². The first-order valence-electron chi connectivity index (χ1n) is 7.01. The summed E-state index contributed by atoms with van der Waals surface area (Å²) in [5.41, 5.74) is 2.78. The molecule has 0 saturated heterocycles. The van der Waals surface area contributed by atoms with Gasteiger partial charge in [0.2, 0.25) is 0 Å². The third-order valence-corrected chi connectivity index (χ3v) is 3.61. The maximum atomic E-state index is 11.3. The monoisotopic (exact) mass is 295 g/mol. The molecule has 5 heteroatoms. The van der Waals surface area contributed by atoms with Crippen molar-refractivity contribution in [3.63, 3.8) is 0 Å². The van der Waals surface area contributed by atoms with E-state index in [1.54, 1.807) is 14.2 Å². The summed E-state index contributed by atoms with van der Waals surface area (Å²) < 4.78 is 10.1. The van der Waals surface area contributed by atoms with Gasteiger partial charge in [-0.15, -0.1) is 0 Å². The van der Waals surface area contributed by atoms with E-state index in [9.17, 15) is 9.90 Å². The van der Waals surface area contributed by atoms with E-state index in [1.165, 1.54) is 7.11 Å². The molecule has 5 nitrogen and oxygen atoms in total. The van der Waals surface area contributed by atoms with Crippen LogP contribution in [0.3, 0.4) is 0 Å². The van der Waals surface area contributed by atoms with Crippen LogP contribution in [-0.4, -0.2) is 38.4 Å². The topological polar surface area (TPSA) is 67.8 Å². The van der Waals surface area contributed by atoms with Crippen LogP contribution in [0.15, 0.2) is 12.1 Å². The largest absolute Gasteiger partial charge is 0.496 e. The highest BCUT2D eigenvalue weighted by molar-refractivity contribution is 5.69. The molecule has 2 unspecified atom stereocenters. The Morgan fingerprint density at radius 1 is 1.33 bits per heavy atom. The van der Waals surface area contributed by atoms with E-state index in [4.69, 9.17) is 4.74 Å². The van der Waals surface area contributed by atoms with E-state index in [1.807, 2.05) is 26.0 Å². The van der Waals surface area contributed by atoms with Crippen LogP contribution in [0.4, 0.5) is 0 Å². The van der Waals surface area contributed by atoms with Gasteiger partial charge in [0.25, 0.3) is 0 Å². The predicted octanol–water partition coefficient (Wildman–Crippen LogP) is 1.89. The molecule has 0 aromatic heterocycles. The third kappa shape index (κ3) is 4.44. The van der Waals surface area contributed by atoms with Gasteiger partial charge in [-0.1, -0.05) is 11.6 Å². The van der Waals surface area contributed by atoms with Gasteiger partial charge in [0.15, 0.2) is 0 Å². The number of hydrogen-bond donors (Lipinski definition) is 2. The highest BCUT2D eigenvalue weighted by Gasteiger charge is 2.24. The smallest absolute Gasteiger partial charge is 0.305 e. The second-order valence-electron chi connectivity index (χ2n) is 5.16. The first-order chi connectivity index (χ1) is 9.94. The summed E-state index contributed by atoms with van der Waals surface area (Å²) in [6.45, 7) is 3.93. The van der Waals surface area contributed by atoms with Crippen molar-refractivity contribution in [2.75, 3.05) is 21.3 Å². The van der Waals surface area contributed by atoms with Gasteiger partial charge >= 0.3 is 5.97 Å². The number of hydrogen-bond acceptors (Lipinski definition) is 5. The Kier molecular flexibility index (Phi) is 6.65. The van der Waals surface area contributed by atoms with Crippen molar-refractivity contribution in [2.24, 2.45) is 0 Å².